The van der Waals surface area contributed by atoms with E-state index in [0.717, 1.165) is 16.0 Å². The molecule has 0 spiro atoms. The smallest absolute Gasteiger partial charge is 0.251 e. The Morgan fingerprint density at radius 1 is 1.53 bits per heavy atom. The number of nitrogens with one attached hydrogen (secondary N) is 1. The minimum atomic E-state index is -0.0497. The predicted molar refractivity (Wildman–Crippen MR) is 76.2 cm³/mol. The van der Waals surface area contributed by atoms with Gasteiger partial charge in [0.15, 0.2) is 0 Å². The minimum Gasteiger partial charge on any atom is -0.348 e. The molecule has 5 heteroatoms. The summed E-state index contributed by atoms with van der Waals surface area (Å²) >= 11 is 1.63. The average Bonchev–Trinajstić information content (AvgIpc) is 2.29. The Labute approximate surface area is 113 Å². The lowest BCUT2D eigenvalue weighted by atomic mass is 10.1. The van der Waals surface area contributed by atoms with Crippen LogP contribution in [0.2, 0.25) is 0 Å². The molecule has 96 valence electrons. The zero-order chi connectivity index (χ0) is 12.1. The van der Waals surface area contributed by atoms with Crippen LogP contribution in [0.5, 0.6) is 0 Å². The molecule has 0 aliphatic heterocycles. The summed E-state index contributed by atoms with van der Waals surface area (Å²) in [4.78, 5) is 13.0. The predicted octanol–water partition coefficient (Wildman–Crippen LogP) is 2.22. The average molecular weight is 275 g/mol. The van der Waals surface area contributed by atoms with Gasteiger partial charge in [-0.25, -0.2) is 0 Å². The number of halogens is 1. The Morgan fingerprint density at radius 2 is 2.18 bits per heavy atom. The SMILES string of the molecule is CSc1ccc(C)c(C(=O)N[C@@H](C)CN)c1.Cl. The molecule has 1 aromatic carbocycles. The topological polar surface area (TPSA) is 55.1 Å². The molecular weight excluding hydrogens is 256 g/mol. The van der Waals surface area contributed by atoms with E-state index in [1.54, 1.807) is 11.8 Å². The maximum atomic E-state index is 11.9. The van der Waals surface area contributed by atoms with Gasteiger partial charge in [0.25, 0.3) is 5.91 Å². The van der Waals surface area contributed by atoms with Gasteiger partial charge >= 0.3 is 0 Å². The standard InChI is InChI=1S/C12H18N2OS.ClH/c1-8-4-5-10(16-3)6-11(8)12(15)14-9(2)7-13;/h4-6,9H,7,13H2,1-3H3,(H,14,15);1H/t9-;/m0./s1. The Morgan fingerprint density at radius 3 is 2.71 bits per heavy atom. The normalized spacial score (nSPS) is 11.5. The van der Waals surface area contributed by atoms with Crippen LogP contribution in [0.15, 0.2) is 23.1 Å². The van der Waals surface area contributed by atoms with Crippen LogP contribution in [0, 0.1) is 6.92 Å². The summed E-state index contributed by atoms with van der Waals surface area (Å²) in [5, 5.41) is 2.86. The second-order valence-electron chi connectivity index (χ2n) is 3.79. The summed E-state index contributed by atoms with van der Waals surface area (Å²) < 4.78 is 0. The maximum absolute atomic E-state index is 11.9. The van der Waals surface area contributed by atoms with Crippen molar-refractivity contribution in [1.29, 1.82) is 0 Å². The van der Waals surface area contributed by atoms with E-state index in [1.807, 2.05) is 38.3 Å². The van der Waals surface area contributed by atoms with E-state index in [0.29, 0.717) is 6.54 Å². The fraction of sp³-hybridized carbons (Fsp3) is 0.417. The van der Waals surface area contributed by atoms with Gasteiger partial charge in [-0.15, -0.1) is 24.2 Å². The monoisotopic (exact) mass is 274 g/mol. The van der Waals surface area contributed by atoms with Crippen LogP contribution in [0.1, 0.15) is 22.8 Å². The maximum Gasteiger partial charge on any atom is 0.251 e. The van der Waals surface area contributed by atoms with Gasteiger partial charge in [0.1, 0.15) is 0 Å². The van der Waals surface area contributed by atoms with Gasteiger partial charge in [0.2, 0.25) is 0 Å². The quantitative estimate of drug-likeness (QED) is 0.828. The van der Waals surface area contributed by atoms with Crippen LogP contribution >= 0.6 is 24.2 Å². The van der Waals surface area contributed by atoms with Crippen molar-refractivity contribution in [2.45, 2.75) is 24.8 Å². The molecule has 0 radical (unpaired) electrons. The van der Waals surface area contributed by atoms with Gasteiger partial charge in [0.05, 0.1) is 0 Å². The minimum absolute atomic E-state index is 0. The molecule has 0 aromatic heterocycles. The van der Waals surface area contributed by atoms with Crippen LogP contribution in [0.4, 0.5) is 0 Å². The van der Waals surface area contributed by atoms with Crippen molar-refractivity contribution in [3.05, 3.63) is 29.3 Å². The summed E-state index contributed by atoms with van der Waals surface area (Å²) in [6.07, 6.45) is 1.99. The first-order valence-electron chi connectivity index (χ1n) is 5.24. The number of carbonyl (C=O) groups excluding carboxylic acids is 1. The summed E-state index contributed by atoms with van der Waals surface area (Å²) in [5.41, 5.74) is 7.19. The van der Waals surface area contributed by atoms with Crippen LogP contribution in [0.25, 0.3) is 0 Å². The molecule has 0 unspecified atom stereocenters. The number of thioether (sulfide) groups is 1. The lowest BCUT2D eigenvalue weighted by Crippen LogP contribution is -2.38. The highest BCUT2D eigenvalue weighted by Gasteiger charge is 2.11. The molecule has 1 atom stereocenters. The molecule has 0 bridgehead atoms. The second-order valence-corrected chi connectivity index (χ2v) is 4.67. The van der Waals surface area contributed by atoms with Gasteiger partial charge in [0, 0.05) is 23.0 Å². The van der Waals surface area contributed by atoms with Gasteiger partial charge in [-0.3, -0.25) is 4.79 Å². The molecule has 3 nitrogen and oxygen atoms in total. The zero-order valence-electron chi connectivity index (χ0n) is 10.3. The van der Waals surface area contributed by atoms with Crippen LogP contribution in [-0.4, -0.2) is 24.7 Å². The summed E-state index contributed by atoms with van der Waals surface area (Å²) in [6, 6.07) is 5.90. The Bertz CT molecular complexity index is 385. The molecule has 0 heterocycles. The lowest BCUT2D eigenvalue weighted by molar-refractivity contribution is 0.0940. The van der Waals surface area contributed by atoms with E-state index in [-0.39, 0.29) is 24.4 Å². The molecule has 0 aliphatic carbocycles. The van der Waals surface area contributed by atoms with Gasteiger partial charge in [-0.2, -0.15) is 0 Å². The van der Waals surface area contributed by atoms with Gasteiger partial charge in [-0.1, -0.05) is 6.07 Å². The Balaban J connectivity index is 0.00000256. The number of hydrogen-bond acceptors (Lipinski definition) is 3. The van der Waals surface area contributed by atoms with E-state index < -0.39 is 0 Å². The van der Waals surface area contributed by atoms with Crippen LogP contribution in [0.3, 0.4) is 0 Å². The van der Waals surface area contributed by atoms with Gasteiger partial charge < -0.3 is 11.1 Å². The molecule has 17 heavy (non-hydrogen) atoms. The fourth-order valence-corrected chi connectivity index (χ4v) is 1.77. The highest BCUT2D eigenvalue weighted by atomic mass is 35.5. The number of carbonyl (C=O) groups is 1. The van der Waals surface area contributed by atoms with Crippen molar-refractivity contribution >= 4 is 30.1 Å². The van der Waals surface area contributed by atoms with Crippen molar-refractivity contribution in [2.24, 2.45) is 5.73 Å². The first kappa shape index (κ1) is 16.3. The van der Waals surface area contributed by atoms with E-state index in [1.165, 1.54) is 0 Å². The van der Waals surface area contributed by atoms with Crippen molar-refractivity contribution in [2.75, 3.05) is 12.8 Å². The van der Waals surface area contributed by atoms with Crippen molar-refractivity contribution in [1.82, 2.24) is 5.32 Å². The highest BCUT2D eigenvalue weighted by molar-refractivity contribution is 7.98. The Kier molecular flexibility index (Phi) is 7.27. The third kappa shape index (κ3) is 4.58. The third-order valence-electron chi connectivity index (χ3n) is 2.42. The number of nitrogens with two attached hydrogens (primary N) is 1. The van der Waals surface area contributed by atoms with Crippen molar-refractivity contribution < 1.29 is 4.79 Å². The fourth-order valence-electron chi connectivity index (χ4n) is 1.33. The van der Waals surface area contributed by atoms with E-state index >= 15 is 0 Å². The number of hydrogen-bond donors (Lipinski definition) is 2. The van der Waals surface area contributed by atoms with Crippen molar-refractivity contribution in [3.8, 4) is 0 Å². The molecule has 0 saturated heterocycles. The summed E-state index contributed by atoms with van der Waals surface area (Å²) in [5.74, 6) is -0.0497. The molecule has 0 fully saturated rings. The second kappa shape index (κ2) is 7.58. The number of aryl methyl sites for hydroxylation is 1. The first-order valence-corrected chi connectivity index (χ1v) is 6.46. The highest BCUT2D eigenvalue weighted by Crippen LogP contribution is 2.19. The number of benzene rings is 1. The number of amides is 1. The van der Waals surface area contributed by atoms with Crippen LogP contribution in [-0.2, 0) is 0 Å². The number of rotatable bonds is 4. The molecule has 1 rings (SSSR count). The van der Waals surface area contributed by atoms with E-state index in [2.05, 4.69) is 5.32 Å². The lowest BCUT2D eigenvalue weighted by Gasteiger charge is -2.13. The molecule has 0 aliphatic rings. The van der Waals surface area contributed by atoms with Crippen LogP contribution < -0.4 is 11.1 Å². The summed E-state index contributed by atoms with van der Waals surface area (Å²) in [7, 11) is 0. The summed E-state index contributed by atoms with van der Waals surface area (Å²) in [6.45, 7) is 4.28. The largest absolute Gasteiger partial charge is 0.348 e. The van der Waals surface area contributed by atoms with E-state index in [9.17, 15) is 4.79 Å². The molecule has 3 N–H and O–H groups in total. The molecular formula is C12H19ClN2OS. The van der Waals surface area contributed by atoms with E-state index in [4.69, 9.17) is 5.73 Å². The molecule has 1 aromatic rings. The Hall–Kier alpha value is -0.710. The zero-order valence-corrected chi connectivity index (χ0v) is 12.0. The van der Waals surface area contributed by atoms with Gasteiger partial charge in [-0.05, 0) is 37.8 Å². The first-order chi connectivity index (χ1) is 7.58. The molecule has 0 saturated carbocycles. The molecule has 1 amide bonds. The third-order valence-corrected chi connectivity index (χ3v) is 3.15. The van der Waals surface area contributed by atoms with Crippen molar-refractivity contribution in [3.63, 3.8) is 0 Å².